The van der Waals surface area contributed by atoms with Gasteiger partial charge < -0.3 is 10.1 Å². The Bertz CT molecular complexity index is 437. The molecule has 4 nitrogen and oxygen atoms in total. The summed E-state index contributed by atoms with van der Waals surface area (Å²) in [6.07, 6.45) is 0.706. The molecule has 0 radical (unpaired) electrons. The summed E-state index contributed by atoms with van der Waals surface area (Å²) >= 11 is 0. The number of aliphatic hydroxyl groups excluding tert-OH is 1. The standard InChI is InChI=1S/C14H22N2O2/c1-9-6-13(10(2)15-9)14(18)8-16-5-4-12(7-16)11(3)17/h6,11-12,15,17H,4-5,7-8H2,1-3H3. The maximum Gasteiger partial charge on any atom is 0.178 e. The fourth-order valence-corrected chi connectivity index (χ4v) is 2.70. The number of hydrogen-bond donors (Lipinski definition) is 2. The second-order valence-electron chi connectivity index (χ2n) is 5.44. The van der Waals surface area contributed by atoms with Crippen molar-refractivity contribution in [3.05, 3.63) is 23.0 Å². The summed E-state index contributed by atoms with van der Waals surface area (Å²) in [5.41, 5.74) is 2.77. The molecule has 1 aromatic heterocycles. The van der Waals surface area contributed by atoms with Crippen molar-refractivity contribution >= 4 is 5.78 Å². The molecule has 2 heterocycles. The Kier molecular flexibility index (Phi) is 3.88. The third-order valence-corrected chi connectivity index (χ3v) is 3.81. The molecule has 1 aromatic rings. The fourth-order valence-electron chi connectivity index (χ4n) is 2.70. The van der Waals surface area contributed by atoms with Crippen LogP contribution in [0.5, 0.6) is 0 Å². The number of nitrogens with zero attached hydrogens (tertiary/aromatic N) is 1. The summed E-state index contributed by atoms with van der Waals surface area (Å²) in [4.78, 5) is 17.5. The van der Waals surface area contributed by atoms with Crippen LogP contribution in [0, 0.1) is 19.8 Å². The van der Waals surface area contributed by atoms with Crippen LogP contribution in [-0.4, -0.2) is 46.5 Å². The van der Waals surface area contributed by atoms with E-state index in [1.54, 1.807) is 0 Å². The summed E-state index contributed by atoms with van der Waals surface area (Å²) in [6.45, 7) is 7.92. The Morgan fingerprint density at radius 2 is 2.33 bits per heavy atom. The van der Waals surface area contributed by atoms with Crippen molar-refractivity contribution in [2.45, 2.75) is 33.3 Å². The van der Waals surface area contributed by atoms with Crippen molar-refractivity contribution in [1.82, 2.24) is 9.88 Å². The predicted octanol–water partition coefficient (Wildman–Crippen LogP) is 1.52. The van der Waals surface area contributed by atoms with E-state index in [-0.39, 0.29) is 11.9 Å². The number of nitrogens with one attached hydrogen (secondary N) is 1. The minimum atomic E-state index is -0.277. The lowest BCUT2D eigenvalue weighted by atomic mass is 10.0. The Morgan fingerprint density at radius 3 is 2.83 bits per heavy atom. The maximum absolute atomic E-state index is 12.2. The van der Waals surface area contributed by atoms with Crippen molar-refractivity contribution in [1.29, 1.82) is 0 Å². The summed E-state index contributed by atoms with van der Waals surface area (Å²) in [7, 11) is 0. The molecule has 0 amide bonds. The van der Waals surface area contributed by atoms with Gasteiger partial charge in [-0.2, -0.15) is 0 Å². The van der Waals surface area contributed by atoms with Crippen LogP contribution in [0.3, 0.4) is 0 Å². The van der Waals surface area contributed by atoms with E-state index < -0.39 is 0 Å². The quantitative estimate of drug-likeness (QED) is 0.797. The number of carbonyl (C=O) groups is 1. The van der Waals surface area contributed by atoms with Crippen molar-refractivity contribution in [3.8, 4) is 0 Å². The number of Topliss-reactive ketones (excluding diaryl/α,β-unsaturated/α-hetero) is 1. The molecule has 0 spiro atoms. The molecule has 0 bridgehead atoms. The van der Waals surface area contributed by atoms with Crippen molar-refractivity contribution in [3.63, 3.8) is 0 Å². The molecule has 1 fully saturated rings. The maximum atomic E-state index is 12.2. The monoisotopic (exact) mass is 250 g/mol. The molecule has 100 valence electrons. The van der Waals surface area contributed by atoms with Crippen LogP contribution in [-0.2, 0) is 0 Å². The SMILES string of the molecule is Cc1cc(C(=O)CN2CCC(C(C)O)C2)c(C)[nH]1. The Hall–Kier alpha value is -1.13. The van der Waals surface area contributed by atoms with Gasteiger partial charge in [0.25, 0.3) is 0 Å². The number of aliphatic hydroxyl groups is 1. The lowest BCUT2D eigenvalue weighted by Crippen LogP contribution is -2.29. The Labute approximate surface area is 108 Å². The average Bonchev–Trinajstić information content (AvgIpc) is 2.85. The number of aromatic nitrogens is 1. The van der Waals surface area contributed by atoms with E-state index in [0.29, 0.717) is 12.5 Å². The van der Waals surface area contributed by atoms with Crippen LogP contribution < -0.4 is 0 Å². The molecular formula is C14H22N2O2. The lowest BCUT2D eigenvalue weighted by Gasteiger charge is -2.16. The molecule has 0 saturated carbocycles. The van der Waals surface area contributed by atoms with Gasteiger partial charge in [0.15, 0.2) is 5.78 Å². The van der Waals surface area contributed by atoms with Gasteiger partial charge in [-0.05, 0) is 45.7 Å². The van der Waals surface area contributed by atoms with Crippen LogP contribution in [0.25, 0.3) is 0 Å². The first-order valence-electron chi connectivity index (χ1n) is 6.57. The van der Waals surface area contributed by atoms with Gasteiger partial charge in [0.05, 0.1) is 12.6 Å². The number of aryl methyl sites for hydroxylation is 2. The summed E-state index contributed by atoms with van der Waals surface area (Å²) < 4.78 is 0. The second kappa shape index (κ2) is 5.24. The van der Waals surface area contributed by atoms with Gasteiger partial charge in [-0.1, -0.05) is 0 Å². The highest BCUT2D eigenvalue weighted by Crippen LogP contribution is 2.20. The molecule has 1 aliphatic heterocycles. The van der Waals surface area contributed by atoms with Crippen LogP contribution in [0.1, 0.15) is 35.1 Å². The zero-order chi connectivity index (χ0) is 13.3. The molecule has 2 unspecified atom stereocenters. The van der Waals surface area contributed by atoms with Gasteiger partial charge in [-0.25, -0.2) is 0 Å². The summed E-state index contributed by atoms with van der Waals surface area (Å²) in [5, 5.41) is 9.55. The van der Waals surface area contributed by atoms with E-state index in [1.807, 2.05) is 26.8 Å². The number of hydrogen-bond acceptors (Lipinski definition) is 3. The van der Waals surface area contributed by atoms with E-state index in [2.05, 4.69) is 9.88 Å². The van der Waals surface area contributed by atoms with Gasteiger partial charge in [0, 0.05) is 23.5 Å². The second-order valence-corrected chi connectivity index (χ2v) is 5.44. The van der Waals surface area contributed by atoms with Crippen LogP contribution in [0.2, 0.25) is 0 Å². The van der Waals surface area contributed by atoms with Gasteiger partial charge in [-0.15, -0.1) is 0 Å². The number of rotatable bonds is 4. The number of ketones is 1. The largest absolute Gasteiger partial charge is 0.393 e. The van der Waals surface area contributed by atoms with Crippen LogP contribution in [0.15, 0.2) is 6.07 Å². The first kappa shape index (κ1) is 13.3. The van der Waals surface area contributed by atoms with E-state index in [1.165, 1.54) is 0 Å². The van der Waals surface area contributed by atoms with Gasteiger partial charge in [0.1, 0.15) is 0 Å². The molecule has 0 aliphatic carbocycles. The van der Waals surface area contributed by atoms with E-state index in [0.717, 1.165) is 36.5 Å². The number of likely N-dealkylation sites (tertiary alicyclic amines) is 1. The minimum absolute atomic E-state index is 0.170. The molecule has 2 atom stereocenters. The van der Waals surface area contributed by atoms with Gasteiger partial charge in [0.2, 0.25) is 0 Å². The van der Waals surface area contributed by atoms with Gasteiger partial charge >= 0.3 is 0 Å². The van der Waals surface area contributed by atoms with Crippen LogP contribution in [0.4, 0.5) is 0 Å². The first-order chi connectivity index (χ1) is 8.47. The summed E-state index contributed by atoms with van der Waals surface area (Å²) in [5.74, 6) is 0.481. The van der Waals surface area contributed by atoms with E-state index in [4.69, 9.17) is 0 Å². The normalized spacial score (nSPS) is 22.3. The third-order valence-electron chi connectivity index (χ3n) is 3.81. The molecule has 1 aliphatic rings. The van der Waals surface area contributed by atoms with E-state index in [9.17, 15) is 9.90 Å². The molecule has 1 saturated heterocycles. The lowest BCUT2D eigenvalue weighted by molar-refractivity contribution is 0.0925. The van der Waals surface area contributed by atoms with Crippen molar-refractivity contribution in [2.75, 3.05) is 19.6 Å². The predicted molar refractivity (Wildman–Crippen MR) is 70.8 cm³/mol. The average molecular weight is 250 g/mol. The molecule has 2 N–H and O–H groups in total. The molecule has 2 rings (SSSR count). The highest BCUT2D eigenvalue weighted by Gasteiger charge is 2.27. The number of aromatic amines is 1. The van der Waals surface area contributed by atoms with Crippen molar-refractivity contribution < 1.29 is 9.90 Å². The molecule has 18 heavy (non-hydrogen) atoms. The highest BCUT2D eigenvalue weighted by atomic mass is 16.3. The van der Waals surface area contributed by atoms with Crippen LogP contribution >= 0.6 is 0 Å². The highest BCUT2D eigenvalue weighted by molar-refractivity contribution is 5.98. The fraction of sp³-hybridized carbons (Fsp3) is 0.643. The topological polar surface area (TPSA) is 56.3 Å². The first-order valence-corrected chi connectivity index (χ1v) is 6.57. The molecule has 4 heteroatoms. The third kappa shape index (κ3) is 2.82. The molecular weight excluding hydrogens is 228 g/mol. The van der Waals surface area contributed by atoms with Gasteiger partial charge in [-0.3, -0.25) is 9.69 Å². The smallest absolute Gasteiger partial charge is 0.178 e. The zero-order valence-electron chi connectivity index (χ0n) is 11.4. The van der Waals surface area contributed by atoms with E-state index >= 15 is 0 Å². The number of carbonyl (C=O) groups excluding carboxylic acids is 1. The zero-order valence-corrected chi connectivity index (χ0v) is 11.4. The summed E-state index contributed by atoms with van der Waals surface area (Å²) in [6, 6.07) is 1.92. The Morgan fingerprint density at radius 1 is 1.61 bits per heavy atom. The number of H-pyrrole nitrogens is 1. The minimum Gasteiger partial charge on any atom is -0.393 e. The van der Waals surface area contributed by atoms with Crippen molar-refractivity contribution in [2.24, 2.45) is 5.92 Å². The molecule has 0 aromatic carbocycles. The Balaban J connectivity index is 1.95.